The van der Waals surface area contributed by atoms with Crippen LogP contribution in [0.25, 0.3) is 0 Å². The lowest BCUT2D eigenvalue weighted by atomic mass is 10.1. The Morgan fingerprint density at radius 1 is 1.48 bits per heavy atom. The number of hydrogen-bond acceptors (Lipinski definition) is 7. The molecule has 124 valence electrons. The molecule has 2 rings (SSSR count). The Bertz CT molecular complexity index is 604. The highest BCUT2D eigenvalue weighted by Gasteiger charge is 2.34. The number of piperazine rings is 1. The number of anilines is 1. The van der Waals surface area contributed by atoms with Crippen molar-refractivity contribution in [3.63, 3.8) is 0 Å². The van der Waals surface area contributed by atoms with Crippen LogP contribution in [0, 0.1) is 21.4 Å². The van der Waals surface area contributed by atoms with Gasteiger partial charge in [0.1, 0.15) is 11.6 Å². The lowest BCUT2D eigenvalue weighted by Crippen LogP contribution is -2.57. The number of nitriles is 1. The van der Waals surface area contributed by atoms with Crippen molar-refractivity contribution in [2.45, 2.75) is 25.9 Å². The molecule has 1 fully saturated rings. The van der Waals surface area contributed by atoms with E-state index in [0.29, 0.717) is 19.7 Å². The van der Waals surface area contributed by atoms with Gasteiger partial charge < -0.3 is 9.64 Å². The minimum Gasteiger partial charge on any atom is -0.383 e. The summed E-state index contributed by atoms with van der Waals surface area (Å²) in [5.74, 6) is 0.277. The minimum absolute atomic E-state index is 0.0436. The molecule has 2 atom stereocenters. The Hall–Kier alpha value is -2.24. The topological polar surface area (TPSA) is 95.5 Å². The fraction of sp³-hybridized carbons (Fsp3) is 0.600. The quantitative estimate of drug-likeness (QED) is 0.598. The van der Waals surface area contributed by atoms with Crippen molar-refractivity contribution in [1.82, 2.24) is 9.88 Å². The van der Waals surface area contributed by atoms with Gasteiger partial charge in [0.2, 0.25) is 5.82 Å². The Labute approximate surface area is 135 Å². The van der Waals surface area contributed by atoms with Gasteiger partial charge in [-0.2, -0.15) is 5.26 Å². The lowest BCUT2D eigenvalue weighted by Gasteiger charge is -2.44. The van der Waals surface area contributed by atoms with Gasteiger partial charge in [0.05, 0.1) is 11.5 Å². The van der Waals surface area contributed by atoms with Crippen LogP contribution in [0.15, 0.2) is 12.3 Å². The van der Waals surface area contributed by atoms with E-state index in [1.807, 2.05) is 11.0 Å². The van der Waals surface area contributed by atoms with Crippen LogP contribution in [0.2, 0.25) is 0 Å². The average Bonchev–Trinajstić information content (AvgIpc) is 2.53. The summed E-state index contributed by atoms with van der Waals surface area (Å²) in [7, 11) is 1.67. The summed E-state index contributed by atoms with van der Waals surface area (Å²) in [6.07, 6.45) is 1.45. The van der Waals surface area contributed by atoms with Crippen LogP contribution in [0.5, 0.6) is 0 Å². The molecule has 0 spiro atoms. The first-order valence-corrected chi connectivity index (χ1v) is 7.52. The van der Waals surface area contributed by atoms with Crippen molar-refractivity contribution in [2.75, 3.05) is 38.3 Å². The summed E-state index contributed by atoms with van der Waals surface area (Å²) in [6.45, 7) is 6.88. The van der Waals surface area contributed by atoms with Crippen LogP contribution in [0.4, 0.5) is 11.5 Å². The monoisotopic (exact) mass is 319 g/mol. The highest BCUT2D eigenvalue weighted by atomic mass is 16.6. The number of methoxy groups -OCH3 is 1. The van der Waals surface area contributed by atoms with Gasteiger partial charge in [0, 0.05) is 45.0 Å². The first-order chi connectivity index (χ1) is 11.0. The number of hydrogen-bond donors (Lipinski definition) is 0. The van der Waals surface area contributed by atoms with Crippen molar-refractivity contribution >= 4 is 11.5 Å². The smallest absolute Gasteiger partial charge is 0.329 e. The number of aromatic nitrogens is 1. The molecule has 8 nitrogen and oxygen atoms in total. The predicted molar refractivity (Wildman–Crippen MR) is 85.3 cm³/mol. The predicted octanol–water partition coefficient (Wildman–Crippen LogP) is 1.41. The maximum atomic E-state index is 11.4. The third-order valence-corrected chi connectivity index (χ3v) is 4.16. The van der Waals surface area contributed by atoms with E-state index in [0.717, 1.165) is 6.54 Å². The number of nitrogens with zero attached hydrogens (tertiary/aromatic N) is 5. The normalized spacial score (nSPS) is 21.9. The summed E-state index contributed by atoms with van der Waals surface area (Å²) in [5.41, 5.74) is -0.165. The molecular weight excluding hydrogens is 298 g/mol. The van der Waals surface area contributed by atoms with Gasteiger partial charge >= 0.3 is 5.69 Å². The summed E-state index contributed by atoms with van der Waals surface area (Å²) in [4.78, 5) is 19.3. The Morgan fingerprint density at radius 2 is 2.13 bits per heavy atom. The van der Waals surface area contributed by atoms with E-state index in [9.17, 15) is 10.1 Å². The molecule has 2 unspecified atom stereocenters. The van der Waals surface area contributed by atoms with Crippen molar-refractivity contribution < 1.29 is 9.66 Å². The fourth-order valence-corrected chi connectivity index (χ4v) is 3.11. The Morgan fingerprint density at radius 3 is 2.65 bits per heavy atom. The first-order valence-electron chi connectivity index (χ1n) is 7.52. The number of nitro groups is 1. The number of ether oxygens (including phenoxy) is 1. The first kappa shape index (κ1) is 17.1. The van der Waals surface area contributed by atoms with Crippen molar-refractivity contribution in [2.24, 2.45) is 0 Å². The molecule has 0 aliphatic carbocycles. The molecule has 1 aliphatic heterocycles. The molecule has 23 heavy (non-hydrogen) atoms. The molecular formula is C15H21N5O3. The maximum absolute atomic E-state index is 11.4. The maximum Gasteiger partial charge on any atom is 0.329 e. The molecule has 1 aliphatic rings. The van der Waals surface area contributed by atoms with E-state index in [-0.39, 0.29) is 29.2 Å². The third kappa shape index (κ3) is 3.57. The summed E-state index contributed by atoms with van der Waals surface area (Å²) in [5, 5.41) is 20.5. The van der Waals surface area contributed by atoms with E-state index < -0.39 is 4.92 Å². The van der Waals surface area contributed by atoms with Gasteiger partial charge in [0.25, 0.3) is 0 Å². The number of rotatable bonds is 5. The van der Waals surface area contributed by atoms with E-state index in [4.69, 9.17) is 10.00 Å². The highest BCUT2D eigenvalue weighted by molar-refractivity contribution is 5.65. The second-order valence-corrected chi connectivity index (χ2v) is 5.73. The molecule has 0 amide bonds. The molecule has 0 N–H and O–H groups in total. The molecule has 2 heterocycles. The third-order valence-electron chi connectivity index (χ3n) is 4.16. The van der Waals surface area contributed by atoms with Crippen LogP contribution < -0.4 is 4.90 Å². The van der Waals surface area contributed by atoms with Crippen molar-refractivity contribution in [3.05, 3.63) is 27.9 Å². The van der Waals surface area contributed by atoms with Gasteiger partial charge in [-0.15, -0.1) is 0 Å². The second kappa shape index (κ2) is 7.35. The van der Waals surface area contributed by atoms with Gasteiger partial charge in [0.15, 0.2) is 0 Å². The zero-order chi connectivity index (χ0) is 17.0. The van der Waals surface area contributed by atoms with Gasteiger partial charge in [-0.1, -0.05) is 0 Å². The van der Waals surface area contributed by atoms with Crippen LogP contribution >= 0.6 is 0 Å². The largest absolute Gasteiger partial charge is 0.383 e. The SMILES string of the molecule is COCCN1C(C)CN(c2nccc(C#N)c2[N+](=O)[O-])CC1C. The van der Waals surface area contributed by atoms with Crippen LogP contribution in [-0.4, -0.2) is 60.2 Å². The van der Waals surface area contributed by atoms with Crippen LogP contribution in [0.3, 0.4) is 0 Å². The van der Waals surface area contributed by atoms with Gasteiger partial charge in [-0.3, -0.25) is 15.0 Å². The molecule has 0 aromatic carbocycles. The molecule has 0 bridgehead atoms. The Balaban J connectivity index is 2.28. The standard InChI is InChI=1S/C15H21N5O3/c1-11-9-18(10-12(2)19(11)6-7-23-3)15-14(20(21)22)13(8-16)4-5-17-15/h4-5,11-12H,6-7,9-10H2,1-3H3. The molecule has 1 aromatic heterocycles. The Kier molecular flexibility index (Phi) is 5.47. The molecule has 8 heteroatoms. The lowest BCUT2D eigenvalue weighted by molar-refractivity contribution is -0.384. The highest BCUT2D eigenvalue weighted by Crippen LogP contribution is 2.31. The van der Waals surface area contributed by atoms with Crippen molar-refractivity contribution in [3.8, 4) is 6.07 Å². The molecule has 1 saturated heterocycles. The number of pyridine rings is 1. The minimum atomic E-state index is -0.520. The summed E-state index contributed by atoms with van der Waals surface area (Å²) < 4.78 is 5.14. The average molecular weight is 319 g/mol. The van der Waals surface area contributed by atoms with Crippen molar-refractivity contribution in [1.29, 1.82) is 5.26 Å². The van der Waals surface area contributed by atoms with E-state index in [1.165, 1.54) is 12.3 Å². The van der Waals surface area contributed by atoms with Crippen LogP contribution in [0.1, 0.15) is 19.4 Å². The van der Waals surface area contributed by atoms with Gasteiger partial charge in [-0.05, 0) is 19.9 Å². The van der Waals surface area contributed by atoms with Crippen LogP contribution in [-0.2, 0) is 4.74 Å². The summed E-state index contributed by atoms with van der Waals surface area (Å²) in [6, 6.07) is 3.68. The van der Waals surface area contributed by atoms with E-state index >= 15 is 0 Å². The molecule has 1 aromatic rings. The molecule has 0 radical (unpaired) electrons. The van der Waals surface area contributed by atoms with E-state index in [2.05, 4.69) is 23.7 Å². The zero-order valence-electron chi connectivity index (χ0n) is 13.6. The fourth-order valence-electron chi connectivity index (χ4n) is 3.11. The summed E-state index contributed by atoms with van der Waals surface area (Å²) >= 11 is 0. The molecule has 0 saturated carbocycles. The van der Waals surface area contributed by atoms with E-state index in [1.54, 1.807) is 7.11 Å². The second-order valence-electron chi connectivity index (χ2n) is 5.73. The zero-order valence-corrected chi connectivity index (χ0v) is 13.6. The van der Waals surface area contributed by atoms with Gasteiger partial charge in [-0.25, -0.2) is 4.98 Å².